The molecule has 1 atom stereocenters. The molecule has 0 heterocycles. The van der Waals surface area contributed by atoms with Gasteiger partial charge in [0.2, 0.25) is 11.8 Å². The maximum Gasteiger partial charge on any atom is 0.337 e. The summed E-state index contributed by atoms with van der Waals surface area (Å²) in [5.74, 6) is -0.731. The molecule has 0 saturated heterocycles. The van der Waals surface area contributed by atoms with Crippen molar-refractivity contribution in [2.45, 2.75) is 12.2 Å². The summed E-state index contributed by atoms with van der Waals surface area (Å²) in [5, 5.41) is 5.07. The Hall–Kier alpha value is -2.80. The summed E-state index contributed by atoms with van der Waals surface area (Å²) < 4.78 is 4.66. The first kappa shape index (κ1) is 19.5. The molecule has 0 aliphatic rings. The summed E-state index contributed by atoms with van der Waals surface area (Å²) in [7, 11) is 1.30. The van der Waals surface area contributed by atoms with Crippen LogP contribution in [0.25, 0.3) is 0 Å². The van der Waals surface area contributed by atoms with E-state index in [1.54, 1.807) is 43.3 Å². The zero-order chi connectivity index (χ0) is 18.9. The number of thioether (sulfide) groups is 1. The van der Waals surface area contributed by atoms with Gasteiger partial charge in [-0.05, 0) is 37.3 Å². The molecular weight excluding hydrogens is 352 g/mol. The van der Waals surface area contributed by atoms with E-state index in [1.807, 2.05) is 18.2 Å². The third kappa shape index (κ3) is 5.93. The lowest BCUT2D eigenvalue weighted by Crippen LogP contribution is -2.25. The smallest absolute Gasteiger partial charge is 0.337 e. The van der Waals surface area contributed by atoms with Gasteiger partial charge in [0.1, 0.15) is 0 Å². The van der Waals surface area contributed by atoms with Crippen molar-refractivity contribution in [3.05, 3.63) is 60.2 Å². The van der Waals surface area contributed by atoms with Gasteiger partial charge in [-0.3, -0.25) is 9.59 Å². The number of benzene rings is 2. The van der Waals surface area contributed by atoms with E-state index >= 15 is 0 Å². The van der Waals surface area contributed by atoms with Crippen LogP contribution >= 0.6 is 11.8 Å². The number of amides is 2. The summed E-state index contributed by atoms with van der Waals surface area (Å²) >= 11 is 1.23. The second-order valence-corrected chi connectivity index (χ2v) is 6.76. The van der Waals surface area contributed by atoms with Crippen molar-refractivity contribution >= 4 is 40.9 Å². The summed E-state index contributed by atoms with van der Waals surface area (Å²) in [5.41, 5.74) is 1.57. The Morgan fingerprint density at radius 3 is 2.38 bits per heavy atom. The number of esters is 1. The van der Waals surface area contributed by atoms with Gasteiger partial charge in [0.15, 0.2) is 0 Å². The van der Waals surface area contributed by atoms with E-state index in [2.05, 4.69) is 15.4 Å². The van der Waals surface area contributed by atoms with Crippen molar-refractivity contribution in [2.75, 3.05) is 23.5 Å². The topological polar surface area (TPSA) is 84.5 Å². The van der Waals surface area contributed by atoms with Crippen LogP contribution in [0.4, 0.5) is 11.4 Å². The summed E-state index contributed by atoms with van der Waals surface area (Å²) in [6.07, 6.45) is 0. The number of rotatable bonds is 7. The number of para-hydroxylation sites is 1. The largest absolute Gasteiger partial charge is 0.465 e. The maximum absolute atomic E-state index is 12.3. The van der Waals surface area contributed by atoms with E-state index in [1.165, 1.54) is 18.9 Å². The minimum Gasteiger partial charge on any atom is -0.465 e. The lowest BCUT2D eigenvalue weighted by atomic mass is 10.2. The molecule has 2 amide bonds. The highest BCUT2D eigenvalue weighted by atomic mass is 32.2. The van der Waals surface area contributed by atoms with Crippen molar-refractivity contribution in [1.29, 1.82) is 0 Å². The molecular formula is C19H20N2O4S. The van der Waals surface area contributed by atoms with E-state index in [9.17, 15) is 14.4 Å². The third-order valence-electron chi connectivity index (χ3n) is 3.44. The van der Waals surface area contributed by atoms with Gasteiger partial charge in [-0.25, -0.2) is 4.79 Å². The first-order valence-electron chi connectivity index (χ1n) is 7.95. The van der Waals surface area contributed by atoms with Crippen LogP contribution in [0.3, 0.4) is 0 Å². The van der Waals surface area contributed by atoms with Gasteiger partial charge >= 0.3 is 5.97 Å². The number of methoxy groups -OCH3 is 1. The molecule has 0 bridgehead atoms. The molecule has 2 aromatic rings. The zero-order valence-corrected chi connectivity index (χ0v) is 15.3. The normalized spacial score (nSPS) is 11.3. The molecule has 0 fully saturated rings. The van der Waals surface area contributed by atoms with Crippen LogP contribution in [-0.2, 0) is 14.3 Å². The standard InChI is InChI=1S/C19H20N2O4S/c1-13(26-12-17(22)20-15-8-4-3-5-9-15)18(23)21-16-10-6-7-14(11-16)19(24)25-2/h3-11,13H,12H2,1-2H3,(H,20,22)(H,21,23). The van der Waals surface area contributed by atoms with Crippen LogP contribution < -0.4 is 10.6 Å². The fraction of sp³-hybridized carbons (Fsp3) is 0.211. The number of anilines is 2. The number of hydrogen-bond donors (Lipinski definition) is 2. The van der Waals surface area contributed by atoms with Gasteiger partial charge in [-0.2, -0.15) is 0 Å². The SMILES string of the molecule is COC(=O)c1cccc(NC(=O)C(C)SCC(=O)Nc2ccccc2)c1. The molecule has 0 radical (unpaired) electrons. The van der Waals surface area contributed by atoms with Gasteiger partial charge in [0.25, 0.3) is 0 Å². The molecule has 0 saturated carbocycles. The van der Waals surface area contributed by atoms with Crippen molar-refractivity contribution in [2.24, 2.45) is 0 Å². The van der Waals surface area contributed by atoms with Gasteiger partial charge in [0, 0.05) is 11.4 Å². The van der Waals surface area contributed by atoms with Crippen LogP contribution in [0.2, 0.25) is 0 Å². The van der Waals surface area contributed by atoms with Gasteiger partial charge in [0.05, 0.1) is 23.7 Å². The fourth-order valence-electron chi connectivity index (χ4n) is 2.08. The van der Waals surface area contributed by atoms with Crippen molar-refractivity contribution in [3.8, 4) is 0 Å². The lowest BCUT2D eigenvalue weighted by Gasteiger charge is -2.12. The Bertz CT molecular complexity index is 780. The van der Waals surface area contributed by atoms with Gasteiger partial charge in [-0.1, -0.05) is 24.3 Å². The average Bonchev–Trinajstić information content (AvgIpc) is 2.66. The number of carbonyl (C=O) groups is 3. The Balaban J connectivity index is 1.84. The van der Waals surface area contributed by atoms with Crippen LogP contribution in [-0.4, -0.2) is 35.9 Å². The Morgan fingerprint density at radius 2 is 1.69 bits per heavy atom. The monoisotopic (exact) mass is 372 g/mol. The van der Waals surface area contributed by atoms with Crippen LogP contribution in [0.1, 0.15) is 17.3 Å². The Labute approximate surface area is 156 Å². The second kappa shape index (κ2) is 9.62. The molecule has 0 aliphatic carbocycles. The van der Waals surface area contributed by atoms with Crippen LogP contribution in [0.5, 0.6) is 0 Å². The zero-order valence-electron chi connectivity index (χ0n) is 14.5. The molecule has 0 spiro atoms. The highest BCUT2D eigenvalue weighted by molar-refractivity contribution is 8.01. The summed E-state index contributed by atoms with van der Waals surface area (Å²) in [6.45, 7) is 1.72. The van der Waals surface area contributed by atoms with Crippen molar-refractivity contribution < 1.29 is 19.1 Å². The van der Waals surface area contributed by atoms with Crippen molar-refractivity contribution in [3.63, 3.8) is 0 Å². The third-order valence-corrected chi connectivity index (χ3v) is 4.59. The van der Waals surface area contributed by atoms with E-state index in [0.29, 0.717) is 11.3 Å². The predicted molar refractivity (Wildman–Crippen MR) is 103 cm³/mol. The molecule has 6 nitrogen and oxygen atoms in total. The number of hydrogen-bond acceptors (Lipinski definition) is 5. The minimum absolute atomic E-state index is 0.158. The van der Waals surface area contributed by atoms with E-state index in [4.69, 9.17) is 0 Å². The van der Waals surface area contributed by atoms with Crippen LogP contribution in [0, 0.1) is 0 Å². The van der Waals surface area contributed by atoms with Crippen LogP contribution in [0.15, 0.2) is 54.6 Å². The highest BCUT2D eigenvalue weighted by Crippen LogP contribution is 2.16. The molecule has 2 rings (SSSR count). The molecule has 2 N–H and O–H groups in total. The Morgan fingerprint density at radius 1 is 1.00 bits per heavy atom. The van der Waals surface area contributed by atoms with Crippen molar-refractivity contribution in [1.82, 2.24) is 0 Å². The Kier molecular flexibility index (Phi) is 7.23. The molecule has 2 aromatic carbocycles. The molecule has 0 aromatic heterocycles. The lowest BCUT2D eigenvalue weighted by molar-refractivity contribution is -0.115. The fourth-order valence-corrected chi connectivity index (χ4v) is 2.76. The second-order valence-electron chi connectivity index (χ2n) is 5.43. The van der Waals surface area contributed by atoms with Gasteiger partial charge in [-0.15, -0.1) is 11.8 Å². The maximum atomic E-state index is 12.3. The predicted octanol–water partition coefficient (Wildman–Crippen LogP) is 3.17. The highest BCUT2D eigenvalue weighted by Gasteiger charge is 2.16. The average molecular weight is 372 g/mol. The number of carbonyl (C=O) groups excluding carboxylic acids is 3. The first-order chi connectivity index (χ1) is 12.5. The first-order valence-corrected chi connectivity index (χ1v) is 9.00. The van der Waals surface area contributed by atoms with E-state index in [-0.39, 0.29) is 17.6 Å². The molecule has 0 aliphatic heterocycles. The summed E-state index contributed by atoms with van der Waals surface area (Å²) in [4.78, 5) is 35.7. The number of ether oxygens (including phenoxy) is 1. The molecule has 136 valence electrons. The summed E-state index contributed by atoms with van der Waals surface area (Å²) in [6, 6.07) is 15.6. The van der Waals surface area contributed by atoms with E-state index < -0.39 is 11.2 Å². The minimum atomic E-state index is -0.471. The molecule has 26 heavy (non-hydrogen) atoms. The van der Waals surface area contributed by atoms with Gasteiger partial charge < -0.3 is 15.4 Å². The molecule has 1 unspecified atom stereocenters. The molecule has 7 heteroatoms. The quantitative estimate of drug-likeness (QED) is 0.729. The van der Waals surface area contributed by atoms with E-state index in [0.717, 1.165) is 5.69 Å². The number of nitrogens with one attached hydrogen (secondary N) is 2.